The maximum Gasteiger partial charge on any atom is 0.0808 e. The average Bonchev–Trinajstić information content (AvgIpc) is 2.86. The van der Waals surface area contributed by atoms with Crippen molar-refractivity contribution in [1.29, 1.82) is 0 Å². The van der Waals surface area contributed by atoms with Gasteiger partial charge in [0.05, 0.1) is 27.2 Å². The summed E-state index contributed by atoms with van der Waals surface area (Å²) < 4.78 is 1.23. The number of nitrogens with zero attached hydrogens (tertiary/aromatic N) is 1. The molecule has 0 heterocycles. The largest absolute Gasteiger partial charge is 0.328 e. The first-order valence-corrected chi connectivity index (χ1v) is 17.8. The zero-order valence-corrected chi connectivity index (χ0v) is 27.2. The third-order valence-corrected chi connectivity index (χ3v) is 8.72. The van der Waals surface area contributed by atoms with E-state index in [2.05, 4.69) is 34.9 Å². The van der Waals surface area contributed by atoms with Crippen molar-refractivity contribution >= 4 is 0 Å². The van der Waals surface area contributed by atoms with Crippen LogP contribution in [0.2, 0.25) is 0 Å². The molecule has 0 aromatic carbocycles. The number of rotatable bonds is 31. The van der Waals surface area contributed by atoms with Crippen molar-refractivity contribution in [3.8, 4) is 0 Å². The van der Waals surface area contributed by atoms with Crippen molar-refractivity contribution < 1.29 is 4.48 Å². The Labute approximate surface area is 237 Å². The van der Waals surface area contributed by atoms with E-state index in [0.29, 0.717) is 0 Å². The lowest BCUT2D eigenvalue weighted by Gasteiger charge is -2.32. The van der Waals surface area contributed by atoms with Gasteiger partial charge in [-0.25, -0.2) is 0 Å². The Morgan fingerprint density at radius 1 is 0.378 bits per heavy atom. The van der Waals surface area contributed by atoms with Gasteiger partial charge in [0.2, 0.25) is 0 Å². The molecule has 224 valence electrons. The summed E-state index contributed by atoms with van der Waals surface area (Å²) in [5.41, 5.74) is 0. The zero-order chi connectivity index (χ0) is 27.3. The van der Waals surface area contributed by atoms with E-state index in [1.165, 1.54) is 197 Å². The van der Waals surface area contributed by atoms with E-state index in [-0.39, 0.29) is 0 Å². The lowest BCUT2D eigenvalue weighted by molar-refractivity contribution is -0.893. The van der Waals surface area contributed by atoms with Crippen LogP contribution in [-0.2, 0) is 0 Å². The van der Waals surface area contributed by atoms with Gasteiger partial charge in [-0.3, -0.25) is 0 Å². The predicted octanol–water partition coefficient (Wildman–Crippen LogP) is 12.7. The first-order valence-electron chi connectivity index (χ1n) is 17.8. The van der Waals surface area contributed by atoms with E-state index in [4.69, 9.17) is 0 Å². The van der Waals surface area contributed by atoms with E-state index < -0.39 is 0 Å². The summed E-state index contributed by atoms with van der Waals surface area (Å²) in [6.07, 6.45) is 40.9. The molecule has 1 heteroatoms. The van der Waals surface area contributed by atoms with Crippen molar-refractivity contribution in [1.82, 2.24) is 0 Å². The molecule has 0 aliphatic heterocycles. The molecular weight excluding hydrogens is 446 g/mol. The van der Waals surface area contributed by atoms with Gasteiger partial charge in [-0.2, -0.15) is 0 Å². The molecule has 37 heavy (non-hydrogen) atoms. The Balaban J connectivity index is 3.38. The minimum Gasteiger partial charge on any atom is -0.328 e. The smallest absolute Gasteiger partial charge is 0.0808 e. The second-order valence-corrected chi connectivity index (χ2v) is 13.6. The molecule has 0 rings (SSSR count). The predicted molar refractivity (Wildman–Crippen MR) is 172 cm³/mol. The second-order valence-electron chi connectivity index (χ2n) is 13.6. The third kappa shape index (κ3) is 30.4. The van der Waals surface area contributed by atoms with Crippen LogP contribution in [0.1, 0.15) is 201 Å². The van der Waals surface area contributed by atoms with Crippen LogP contribution in [0.25, 0.3) is 0 Å². The van der Waals surface area contributed by atoms with Crippen LogP contribution in [0.3, 0.4) is 0 Å². The first kappa shape index (κ1) is 37.0. The quantitative estimate of drug-likeness (QED) is 0.0627. The number of hydrogen-bond donors (Lipinski definition) is 0. The normalized spacial score (nSPS) is 12.9. The fourth-order valence-electron chi connectivity index (χ4n) is 6.27. The Morgan fingerprint density at radius 2 is 0.649 bits per heavy atom. The summed E-state index contributed by atoms with van der Waals surface area (Å²) in [5, 5.41) is 0. The van der Waals surface area contributed by atoms with Gasteiger partial charge in [0, 0.05) is 5.92 Å². The van der Waals surface area contributed by atoms with Crippen molar-refractivity contribution in [2.75, 3.05) is 27.2 Å². The van der Waals surface area contributed by atoms with Gasteiger partial charge < -0.3 is 4.48 Å². The van der Waals surface area contributed by atoms with Gasteiger partial charge in [0.25, 0.3) is 0 Å². The van der Waals surface area contributed by atoms with Crippen LogP contribution in [0, 0.1) is 5.92 Å². The molecule has 0 saturated carbocycles. The Kier molecular flexibility index (Phi) is 28.9. The standard InChI is InChI=1S/C36H76N/c1-6-8-10-12-14-16-17-18-19-20-21-22-23-24-26-28-30-32-34-37(4,5)35-36(3)33-31-29-27-25-15-13-11-9-7-2/h36H,6-35H2,1-5H3/q+1. The number of unbranched alkanes of at least 4 members (excludes halogenated alkanes) is 25. The van der Waals surface area contributed by atoms with E-state index >= 15 is 0 Å². The summed E-state index contributed by atoms with van der Waals surface area (Å²) in [4.78, 5) is 0. The molecule has 0 aliphatic carbocycles. The average molecular weight is 523 g/mol. The lowest BCUT2D eigenvalue weighted by Crippen LogP contribution is -2.43. The Bertz CT molecular complexity index is 415. The maximum absolute atomic E-state index is 2.50. The van der Waals surface area contributed by atoms with Gasteiger partial charge in [0.15, 0.2) is 0 Å². The molecule has 0 saturated heterocycles. The van der Waals surface area contributed by atoms with E-state index in [0.717, 1.165) is 5.92 Å². The molecule has 1 atom stereocenters. The van der Waals surface area contributed by atoms with Crippen molar-refractivity contribution in [3.63, 3.8) is 0 Å². The molecule has 0 fully saturated rings. The fraction of sp³-hybridized carbons (Fsp3) is 1.00. The highest BCUT2D eigenvalue weighted by molar-refractivity contribution is 4.55. The zero-order valence-electron chi connectivity index (χ0n) is 27.2. The van der Waals surface area contributed by atoms with E-state index in [9.17, 15) is 0 Å². The van der Waals surface area contributed by atoms with E-state index in [1.54, 1.807) is 0 Å². The van der Waals surface area contributed by atoms with Crippen molar-refractivity contribution in [2.45, 2.75) is 201 Å². The number of hydrogen-bond acceptors (Lipinski definition) is 0. The Hall–Kier alpha value is -0.0400. The van der Waals surface area contributed by atoms with Crippen LogP contribution < -0.4 is 0 Å². The molecule has 0 bridgehead atoms. The van der Waals surface area contributed by atoms with Gasteiger partial charge >= 0.3 is 0 Å². The summed E-state index contributed by atoms with van der Waals surface area (Å²) in [6, 6.07) is 0. The SMILES string of the molecule is CCCCCCCCCCCCCCCCCCCC[N+](C)(C)CC(C)CCCCCCCCCCC. The van der Waals surface area contributed by atoms with Crippen LogP contribution >= 0.6 is 0 Å². The topological polar surface area (TPSA) is 0 Å². The number of quaternary nitrogens is 1. The van der Waals surface area contributed by atoms with Gasteiger partial charge in [0.1, 0.15) is 0 Å². The molecule has 1 unspecified atom stereocenters. The molecule has 0 radical (unpaired) electrons. The molecule has 0 aromatic heterocycles. The molecule has 0 N–H and O–H groups in total. The Morgan fingerprint density at radius 3 is 0.973 bits per heavy atom. The molecular formula is C36H76N+. The highest BCUT2D eigenvalue weighted by Crippen LogP contribution is 2.18. The summed E-state index contributed by atoms with van der Waals surface area (Å²) >= 11 is 0. The summed E-state index contributed by atoms with van der Waals surface area (Å²) in [5.74, 6) is 0.884. The molecule has 0 aliphatic rings. The van der Waals surface area contributed by atoms with Crippen molar-refractivity contribution in [2.24, 2.45) is 5.92 Å². The minimum atomic E-state index is 0.884. The van der Waals surface area contributed by atoms with E-state index in [1.807, 2.05) is 0 Å². The highest BCUT2D eigenvalue weighted by Gasteiger charge is 2.18. The van der Waals surface area contributed by atoms with Crippen LogP contribution in [0.4, 0.5) is 0 Å². The second kappa shape index (κ2) is 29.0. The summed E-state index contributed by atoms with van der Waals surface area (Å²) in [7, 11) is 4.95. The molecule has 0 aromatic rings. The van der Waals surface area contributed by atoms with Gasteiger partial charge in [-0.15, -0.1) is 0 Å². The van der Waals surface area contributed by atoms with Crippen molar-refractivity contribution in [3.05, 3.63) is 0 Å². The van der Waals surface area contributed by atoms with Crippen LogP contribution in [0.5, 0.6) is 0 Å². The lowest BCUT2D eigenvalue weighted by atomic mass is 10.00. The maximum atomic E-state index is 2.50. The minimum absolute atomic E-state index is 0.884. The highest BCUT2D eigenvalue weighted by atomic mass is 15.3. The monoisotopic (exact) mass is 523 g/mol. The fourth-order valence-corrected chi connectivity index (χ4v) is 6.27. The molecule has 0 amide bonds. The van der Waals surface area contributed by atoms with Crippen LogP contribution in [-0.4, -0.2) is 31.7 Å². The van der Waals surface area contributed by atoms with Crippen LogP contribution in [0.15, 0.2) is 0 Å². The van der Waals surface area contributed by atoms with Gasteiger partial charge in [-0.05, 0) is 19.3 Å². The first-order chi connectivity index (χ1) is 18.0. The summed E-state index contributed by atoms with van der Waals surface area (Å²) in [6.45, 7) is 9.86. The third-order valence-electron chi connectivity index (χ3n) is 8.72. The molecule has 0 spiro atoms. The molecule has 1 nitrogen and oxygen atoms in total. The van der Waals surface area contributed by atoms with Gasteiger partial charge in [-0.1, -0.05) is 181 Å².